The van der Waals surface area contributed by atoms with Gasteiger partial charge in [0.15, 0.2) is 30.4 Å². The second-order valence-corrected chi connectivity index (χ2v) is 39.5. The van der Waals surface area contributed by atoms with Crippen LogP contribution in [0.15, 0.2) is 255 Å². The highest BCUT2D eigenvalue weighted by Crippen LogP contribution is 2.58. The molecule has 9 heteroatoms. The molecule has 9 nitrogen and oxygen atoms in total. The molecule has 0 radical (unpaired) electrons. The molecule has 9 aromatic heterocycles. The van der Waals surface area contributed by atoms with Crippen molar-refractivity contribution in [1.82, 2.24) is 4.98 Å². The lowest BCUT2D eigenvalue weighted by atomic mass is 9.80. The number of furan rings is 4. The fraction of sp³-hybridized carbons (Fsp3) is 0.283. The molecule has 136 heavy (non-hydrogen) atoms. The van der Waals surface area contributed by atoms with Crippen molar-refractivity contribution in [3.05, 3.63) is 349 Å². The zero-order valence-corrected chi connectivity index (χ0v) is 80.4. The fourth-order valence-corrected chi connectivity index (χ4v) is 22.3. The van der Waals surface area contributed by atoms with Gasteiger partial charge < -0.3 is 17.7 Å². The average molecular weight is 1820 g/mol. The van der Waals surface area contributed by atoms with Crippen LogP contribution >= 0.6 is 0 Å². The maximum Gasteiger partial charge on any atom is 0.227 e. The molecule has 4 aliphatic carbocycles. The van der Waals surface area contributed by atoms with Crippen molar-refractivity contribution in [2.24, 2.45) is 28.2 Å². The Hall–Kier alpha value is -13.6. The molecule has 0 saturated carbocycles. The lowest BCUT2D eigenvalue weighted by Gasteiger charge is -2.22. The predicted octanol–water partition coefficient (Wildman–Crippen LogP) is 31.9. The Morgan fingerprint density at radius 1 is 0.287 bits per heavy atom. The quantitative estimate of drug-likeness (QED) is 0.142. The number of benzene rings is 11. The Balaban J connectivity index is 0.000000125. The summed E-state index contributed by atoms with van der Waals surface area (Å²) in [6.07, 6.45) is 6.38. The first kappa shape index (κ1) is 62.1. The SMILES string of the molecule is [2H]C([2H])([2H])c1c[n+](C)c(-c2c(C)ccc3c2oc2c4c(ccc23)-c2ccccc2C4(C)C([2H])([2H])[2H])cc1C([2H])(C)C.[2H]C([2H])([2H])c1c[n+](C)c(-c2c(C)ccc3c2oc2cc4c(cc23)C(C)(C([2H])([2H])[2H])c2ccccc2-4)cc1C([2H])(C)C.[2H]C([2H])([2H])c1c[n+](C)c(-c2c(C)ccc3c2oc2ccc4c(c23)C(C)(C)c2ccccc2-4)cc1C([2H])(C)C.[2H]C([2H])([2H])c1c[n+](C)c(-c2c(C)ccc3c2oc2nc4c(cc23)-c2ccccc2C4(C([2H])([2H])[2H])C([2H])([2H])[2H])cc1C([2H])(C)C. The Morgan fingerprint density at radius 3 is 1.10 bits per heavy atom. The van der Waals surface area contributed by atoms with E-state index in [0.717, 1.165) is 133 Å². The van der Waals surface area contributed by atoms with Gasteiger partial charge in [0.25, 0.3) is 0 Å². The van der Waals surface area contributed by atoms with Crippen molar-refractivity contribution in [3.63, 3.8) is 0 Å². The number of hydrogen-bond donors (Lipinski definition) is 0. The lowest BCUT2D eigenvalue weighted by molar-refractivity contribution is -0.660. The molecule has 2 unspecified atom stereocenters. The first-order valence-corrected chi connectivity index (χ1v) is 46.3. The van der Waals surface area contributed by atoms with Crippen LogP contribution in [0.4, 0.5) is 0 Å². The molecular weight excluding hydrogens is 1660 g/mol. The Bertz CT molecular complexity index is 9740. The maximum atomic E-state index is 8.74. The van der Waals surface area contributed by atoms with Crippen LogP contribution in [0.25, 0.3) is 177 Å². The van der Waals surface area contributed by atoms with Crippen LogP contribution in [0, 0.1) is 55.1 Å². The van der Waals surface area contributed by atoms with Gasteiger partial charge in [0.1, 0.15) is 61.7 Å². The zero-order chi connectivity index (χ0) is 119. The highest BCUT2D eigenvalue weighted by atomic mass is 16.3. The number of aryl methyl sites for hydroxylation is 12. The lowest BCUT2D eigenvalue weighted by Crippen LogP contribution is -2.32. The van der Waals surface area contributed by atoms with Gasteiger partial charge in [-0.2, -0.15) is 0 Å². The van der Waals surface area contributed by atoms with Crippen LogP contribution < -0.4 is 18.3 Å². The van der Waals surface area contributed by atoms with Crippen LogP contribution in [0.5, 0.6) is 0 Å². The molecule has 0 spiro atoms. The Labute approximate surface area is 840 Å². The first-order valence-electron chi connectivity index (χ1n) is 60.3. The molecule has 0 bridgehead atoms. The highest BCUT2D eigenvalue weighted by molar-refractivity contribution is 6.17. The maximum absolute atomic E-state index is 8.74. The molecule has 0 N–H and O–H groups in total. The van der Waals surface area contributed by atoms with Gasteiger partial charge in [-0.1, -0.05) is 268 Å². The molecule has 0 fully saturated rings. The molecule has 24 rings (SSSR count). The van der Waals surface area contributed by atoms with Gasteiger partial charge in [0, 0.05) is 161 Å². The smallest absolute Gasteiger partial charge is 0.227 e. The number of pyridine rings is 5. The third kappa shape index (κ3) is 13.5. The van der Waals surface area contributed by atoms with E-state index in [1.807, 2.05) is 148 Å². The number of nitrogens with zero attached hydrogens (tertiary/aromatic N) is 5. The summed E-state index contributed by atoms with van der Waals surface area (Å²) in [6, 6.07) is 67.7. The van der Waals surface area contributed by atoms with Gasteiger partial charge in [-0.25, -0.2) is 23.3 Å². The largest absolute Gasteiger partial charge is 0.455 e. The van der Waals surface area contributed by atoms with E-state index >= 15 is 0 Å². The predicted molar refractivity (Wildman–Crippen MR) is 564 cm³/mol. The van der Waals surface area contributed by atoms with Crippen molar-refractivity contribution in [3.8, 4) is 89.5 Å². The van der Waals surface area contributed by atoms with Crippen molar-refractivity contribution >= 4 is 87.9 Å². The summed E-state index contributed by atoms with van der Waals surface area (Å²) in [5.41, 5.74) is 24.3. The fourth-order valence-electron chi connectivity index (χ4n) is 22.3. The second-order valence-electron chi connectivity index (χ2n) is 39.5. The average Bonchev–Trinajstić information content (AvgIpc) is 1.51. The zero-order valence-electron chi connectivity index (χ0n) is 108. The van der Waals surface area contributed by atoms with Crippen LogP contribution in [-0.2, 0) is 49.9 Å². The summed E-state index contributed by atoms with van der Waals surface area (Å²) in [4.78, 5) is 4.69. The Kier molecular flexibility index (Phi) is 14.6. The molecule has 0 saturated heterocycles. The van der Waals surface area contributed by atoms with Gasteiger partial charge in [-0.15, -0.1) is 0 Å². The normalized spacial score (nSPS) is 19.7. The molecular formula is C127H127N5O4+4. The van der Waals surface area contributed by atoms with E-state index in [1.165, 1.54) is 28.5 Å². The number of hydrogen-bond acceptors (Lipinski definition) is 5. The van der Waals surface area contributed by atoms with Crippen molar-refractivity contribution in [2.75, 3.05) is 0 Å². The molecule has 2 atom stereocenters. The van der Waals surface area contributed by atoms with Gasteiger partial charge >= 0.3 is 0 Å². The minimum atomic E-state index is -2.95. The molecule has 680 valence electrons. The van der Waals surface area contributed by atoms with Crippen molar-refractivity contribution in [1.29, 1.82) is 0 Å². The third-order valence-corrected chi connectivity index (χ3v) is 29.2. The van der Waals surface area contributed by atoms with E-state index in [2.05, 4.69) is 74.3 Å². The second kappa shape index (κ2) is 32.0. The third-order valence-electron chi connectivity index (χ3n) is 29.2. The van der Waals surface area contributed by atoms with E-state index in [9.17, 15) is 0 Å². The van der Waals surface area contributed by atoms with Crippen LogP contribution in [-0.4, -0.2) is 4.98 Å². The topological polar surface area (TPSA) is 81.0 Å². The van der Waals surface area contributed by atoms with Gasteiger partial charge in [-0.3, -0.25) is 0 Å². The van der Waals surface area contributed by atoms with Crippen molar-refractivity contribution in [2.45, 2.75) is 211 Å². The van der Waals surface area contributed by atoms with E-state index in [1.54, 1.807) is 171 Å². The highest BCUT2D eigenvalue weighted by Gasteiger charge is 2.44. The van der Waals surface area contributed by atoms with E-state index in [4.69, 9.17) is 56.0 Å². The molecule has 11 aromatic carbocycles. The first-order chi connectivity index (χ1) is 75.8. The molecule has 4 aliphatic rings. The number of fused-ring (bicyclic) bond motifs is 26. The van der Waals surface area contributed by atoms with Crippen LogP contribution in [0.2, 0.25) is 0 Å². The summed E-state index contributed by atoms with van der Waals surface area (Å²) in [5.74, 6) is -4.60. The number of rotatable bonds is 8. The molecule has 0 amide bonds. The summed E-state index contributed by atoms with van der Waals surface area (Å²) in [7, 11) is 7.20. The molecule has 0 aliphatic heterocycles. The standard InChI is InChI=1S/3C32H32NO.C31H31N2O/c1-18(2)23-15-28(33(7)17-20(23)4)30-19(3)12-13-22-25-14-27-24(16-29(25)34-31(22)30)21-10-8-9-11-26(21)32(27,5)6;1-18(2)24-16-26(33(7)17-20(24)4)28-19(3)12-13-23-29-27(34-31(23)28)15-14-22-21-10-8-9-11-25(21)32(5,6)30(22)29;1-18(2)25-16-27(33(7)17-20(25)4)28-19(3)12-13-23-24-15-14-22-21-10-8-9-11-26(21)32(5,6)29(22)31(24)34-30(23)28;1-17(2)22-15-26(33(7)16-19(22)4)27-18(3)12-13-21-24-14-23-20-10-8-9-11-25(20)31(5,6)29(23)32-30(24)34-28(21)27/h3*8-18H,1-7H3;8-17H,1-7H3/q4*+1/i4D3,5D3,18D;4D3,18D;4D3,5D3,18D;4D3,5D3,6D3,17D. The summed E-state index contributed by atoms with van der Waals surface area (Å²) >= 11 is 0. The minimum absolute atomic E-state index is 0.0747. The van der Waals surface area contributed by atoms with Crippen LogP contribution in [0.1, 0.15) is 284 Å². The molecule has 9 heterocycles. The van der Waals surface area contributed by atoms with Gasteiger partial charge in [-0.05, 0) is 226 Å². The van der Waals surface area contributed by atoms with Gasteiger partial charge in [0.05, 0.1) is 27.9 Å². The summed E-state index contributed by atoms with van der Waals surface area (Å²) in [6.45, 7) is 9.56. The van der Waals surface area contributed by atoms with Crippen LogP contribution in [0.3, 0.4) is 0 Å². The van der Waals surface area contributed by atoms with Crippen molar-refractivity contribution < 1.29 is 74.3 Å². The Morgan fingerprint density at radius 2 is 0.640 bits per heavy atom. The molecule has 20 aromatic rings. The summed E-state index contributed by atoms with van der Waals surface area (Å²) in [5, 5.41) is 6.78. The van der Waals surface area contributed by atoms with E-state index in [-0.39, 0.29) is 44.6 Å². The van der Waals surface area contributed by atoms with E-state index < -0.39 is 94.6 Å². The number of aromatic nitrogens is 5. The van der Waals surface area contributed by atoms with E-state index in [0.29, 0.717) is 94.6 Å². The minimum Gasteiger partial charge on any atom is -0.455 e. The monoisotopic (exact) mass is 1810 g/mol. The van der Waals surface area contributed by atoms with Gasteiger partial charge in [0.2, 0.25) is 28.5 Å². The summed E-state index contributed by atoms with van der Waals surface area (Å²) < 4.78 is 268.